The molecule has 0 fully saturated rings. The Balaban J connectivity index is 2.02. The zero-order valence-corrected chi connectivity index (χ0v) is 14.4. The van der Waals surface area contributed by atoms with Gasteiger partial charge in [0.05, 0.1) is 18.1 Å². The summed E-state index contributed by atoms with van der Waals surface area (Å²) in [7, 11) is 0. The van der Waals surface area contributed by atoms with Crippen LogP contribution in [0.25, 0.3) is 5.69 Å². The highest BCUT2D eigenvalue weighted by molar-refractivity contribution is 5.89. The molecule has 0 saturated carbocycles. The average molecular weight is 331 g/mol. The molecular formula is C17H25N5O2. The number of nitrogens with one attached hydrogen (secondary N) is 1. The summed E-state index contributed by atoms with van der Waals surface area (Å²) >= 11 is 0. The molecule has 2 aromatic rings. The molecule has 2 amide bonds. The minimum absolute atomic E-state index is 0.0115. The van der Waals surface area contributed by atoms with Gasteiger partial charge in [-0.1, -0.05) is 20.8 Å². The number of amides is 2. The Morgan fingerprint density at radius 3 is 2.38 bits per heavy atom. The van der Waals surface area contributed by atoms with E-state index in [1.54, 1.807) is 17.3 Å². The molecule has 130 valence electrons. The lowest BCUT2D eigenvalue weighted by molar-refractivity contribution is 0.176. The van der Waals surface area contributed by atoms with Crippen LogP contribution in [-0.2, 0) is 0 Å². The molecule has 0 unspecified atom stereocenters. The summed E-state index contributed by atoms with van der Waals surface area (Å²) in [6.45, 7) is 7.46. The van der Waals surface area contributed by atoms with Crippen molar-refractivity contribution in [3.63, 3.8) is 0 Å². The highest BCUT2D eigenvalue weighted by Gasteiger charge is 2.20. The predicted molar refractivity (Wildman–Crippen MR) is 93.1 cm³/mol. The molecule has 2 N–H and O–H groups in total. The second-order valence-electron chi connectivity index (χ2n) is 6.85. The molecule has 0 saturated heterocycles. The van der Waals surface area contributed by atoms with Crippen LogP contribution in [0.1, 0.15) is 27.2 Å². The van der Waals surface area contributed by atoms with Crippen molar-refractivity contribution in [1.82, 2.24) is 19.9 Å². The van der Waals surface area contributed by atoms with Crippen LogP contribution in [-0.4, -0.2) is 50.7 Å². The third-order valence-corrected chi connectivity index (χ3v) is 3.31. The Morgan fingerprint density at radius 1 is 1.21 bits per heavy atom. The van der Waals surface area contributed by atoms with Crippen LogP contribution in [0.4, 0.5) is 10.5 Å². The van der Waals surface area contributed by atoms with Crippen molar-refractivity contribution >= 4 is 11.7 Å². The summed E-state index contributed by atoms with van der Waals surface area (Å²) in [5, 5.41) is 20.1. The largest absolute Gasteiger partial charge is 0.396 e. The molecule has 2 rings (SSSR count). The van der Waals surface area contributed by atoms with Crippen LogP contribution >= 0.6 is 0 Å². The molecule has 0 aliphatic carbocycles. The molecule has 24 heavy (non-hydrogen) atoms. The fraction of sp³-hybridized carbons (Fsp3) is 0.471. The third kappa shape index (κ3) is 5.34. The molecule has 1 aromatic carbocycles. The molecular weight excluding hydrogens is 306 g/mol. The summed E-state index contributed by atoms with van der Waals surface area (Å²) in [6.07, 6.45) is 3.79. The van der Waals surface area contributed by atoms with Crippen LogP contribution < -0.4 is 5.32 Å². The molecule has 1 aromatic heterocycles. The standard InChI is InChI=1S/C17H25N5O2/c1-17(2,3)13-21(11-4-12-23)16(24)20-14-5-7-15(8-6-14)22-18-9-10-19-22/h5-10,23H,4,11-13H2,1-3H3,(H,20,24). The third-order valence-electron chi connectivity index (χ3n) is 3.31. The summed E-state index contributed by atoms with van der Waals surface area (Å²) in [5.41, 5.74) is 1.52. The highest BCUT2D eigenvalue weighted by Crippen LogP contribution is 2.17. The number of aliphatic hydroxyl groups excluding tert-OH is 1. The lowest BCUT2D eigenvalue weighted by Gasteiger charge is -2.30. The zero-order valence-electron chi connectivity index (χ0n) is 14.4. The van der Waals surface area contributed by atoms with E-state index in [-0.39, 0.29) is 18.1 Å². The van der Waals surface area contributed by atoms with Gasteiger partial charge in [-0.25, -0.2) is 4.79 Å². The van der Waals surface area contributed by atoms with Gasteiger partial charge in [0.15, 0.2) is 0 Å². The van der Waals surface area contributed by atoms with Crippen molar-refractivity contribution in [3.05, 3.63) is 36.7 Å². The zero-order chi connectivity index (χ0) is 17.6. The molecule has 0 radical (unpaired) electrons. The number of aromatic nitrogens is 3. The first-order valence-corrected chi connectivity index (χ1v) is 8.02. The van der Waals surface area contributed by atoms with Crippen LogP contribution in [0.5, 0.6) is 0 Å². The van der Waals surface area contributed by atoms with Gasteiger partial charge in [-0.15, -0.1) is 0 Å². The van der Waals surface area contributed by atoms with E-state index in [2.05, 4.69) is 36.3 Å². The number of aliphatic hydroxyl groups is 1. The number of nitrogens with zero attached hydrogens (tertiary/aromatic N) is 4. The second kappa shape index (κ2) is 7.92. The lowest BCUT2D eigenvalue weighted by atomic mass is 9.96. The second-order valence-corrected chi connectivity index (χ2v) is 6.85. The fourth-order valence-corrected chi connectivity index (χ4v) is 2.32. The maximum Gasteiger partial charge on any atom is 0.321 e. The molecule has 7 nitrogen and oxygen atoms in total. The Labute approximate surface area is 142 Å². The van der Waals surface area contributed by atoms with E-state index in [9.17, 15) is 4.79 Å². The van der Waals surface area contributed by atoms with Gasteiger partial charge in [0.2, 0.25) is 0 Å². The van der Waals surface area contributed by atoms with Crippen molar-refractivity contribution < 1.29 is 9.90 Å². The van der Waals surface area contributed by atoms with Crippen molar-refractivity contribution in [2.45, 2.75) is 27.2 Å². The first-order chi connectivity index (χ1) is 11.4. The normalized spacial score (nSPS) is 11.3. The van der Waals surface area contributed by atoms with Gasteiger partial charge in [-0.2, -0.15) is 15.0 Å². The Kier molecular flexibility index (Phi) is 5.92. The molecule has 0 bridgehead atoms. The average Bonchev–Trinajstić information content (AvgIpc) is 3.05. The summed E-state index contributed by atoms with van der Waals surface area (Å²) < 4.78 is 0. The molecule has 0 spiro atoms. The number of rotatable bonds is 6. The number of anilines is 1. The minimum atomic E-state index is -0.164. The van der Waals surface area contributed by atoms with Gasteiger partial charge < -0.3 is 15.3 Å². The molecule has 0 aliphatic rings. The minimum Gasteiger partial charge on any atom is -0.396 e. The van der Waals surface area contributed by atoms with E-state index in [0.717, 1.165) is 5.69 Å². The van der Waals surface area contributed by atoms with Crippen molar-refractivity contribution in [2.24, 2.45) is 5.41 Å². The highest BCUT2D eigenvalue weighted by atomic mass is 16.3. The van der Waals surface area contributed by atoms with Crippen LogP contribution in [0, 0.1) is 5.41 Å². The Morgan fingerprint density at radius 2 is 1.83 bits per heavy atom. The van der Waals surface area contributed by atoms with E-state index in [0.29, 0.717) is 25.2 Å². The van der Waals surface area contributed by atoms with E-state index in [1.165, 1.54) is 4.80 Å². The number of hydrogen-bond donors (Lipinski definition) is 2. The van der Waals surface area contributed by atoms with Crippen molar-refractivity contribution in [2.75, 3.05) is 25.0 Å². The van der Waals surface area contributed by atoms with Gasteiger partial charge >= 0.3 is 6.03 Å². The van der Waals surface area contributed by atoms with Crippen LogP contribution in [0.2, 0.25) is 0 Å². The predicted octanol–water partition coefficient (Wildman–Crippen LogP) is 2.53. The monoisotopic (exact) mass is 331 g/mol. The van der Waals surface area contributed by atoms with E-state index < -0.39 is 0 Å². The van der Waals surface area contributed by atoms with Crippen molar-refractivity contribution in [1.29, 1.82) is 0 Å². The van der Waals surface area contributed by atoms with E-state index in [1.807, 2.05) is 24.3 Å². The van der Waals surface area contributed by atoms with Gasteiger partial charge in [-0.3, -0.25) is 0 Å². The number of urea groups is 1. The number of hydrogen-bond acceptors (Lipinski definition) is 4. The van der Waals surface area contributed by atoms with E-state index in [4.69, 9.17) is 5.11 Å². The SMILES string of the molecule is CC(C)(C)CN(CCCO)C(=O)Nc1ccc(-n2nccn2)cc1. The smallest absolute Gasteiger partial charge is 0.321 e. The van der Waals surface area contributed by atoms with Gasteiger partial charge in [0.1, 0.15) is 0 Å². The quantitative estimate of drug-likeness (QED) is 0.852. The van der Waals surface area contributed by atoms with Crippen LogP contribution in [0.15, 0.2) is 36.7 Å². The Hall–Kier alpha value is -2.41. The van der Waals surface area contributed by atoms with Crippen LogP contribution in [0.3, 0.4) is 0 Å². The first kappa shape index (κ1) is 17.9. The number of carbonyl (C=O) groups is 1. The molecule has 0 atom stereocenters. The Bertz CT molecular complexity index is 632. The first-order valence-electron chi connectivity index (χ1n) is 8.02. The summed E-state index contributed by atoms with van der Waals surface area (Å²) in [5.74, 6) is 0. The maximum absolute atomic E-state index is 12.5. The maximum atomic E-state index is 12.5. The van der Waals surface area contributed by atoms with E-state index >= 15 is 0 Å². The van der Waals surface area contributed by atoms with Crippen molar-refractivity contribution in [3.8, 4) is 5.69 Å². The van der Waals surface area contributed by atoms with Gasteiger partial charge in [0.25, 0.3) is 0 Å². The fourth-order valence-electron chi connectivity index (χ4n) is 2.32. The molecule has 0 aliphatic heterocycles. The topological polar surface area (TPSA) is 83.3 Å². The summed E-state index contributed by atoms with van der Waals surface area (Å²) in [6, 6.07) is 7.16. The molecule has 7 heteroatoms. The summed E-state index contributed by atoms with van der Waals surface area (Å²) in [4.78, 5) is 15.8. The lowest BCUT2D eigenvalue weighted by Crippen LogP contribution is -2.41. The number of carbonyl (C=O) groups excluding carboxylic acids is 1. The number of benzene rings is 1. The van der Waals surface area contributed by atoms with Gasteiger partial charge in [0, 0.05) is 25.4 Å². The molecule has 1 heterocycles. The van der Waals surface area contributed by atoms with Gasteiger partial charge in [-0.05, 0) is 36.1 Å².